The summed E-state index contributed by atoms with van der Waals surface area (Å²) >= 11 is 0. The molecule has 3 N–H and O–H groups in total. The van der Waals surface area contributed by atoms with Gasteiger partial charge in [0.15, 0.2) is 5.78 Å². The number of H-pyrrole nitrogens is 1. The Morgan fingerprint density at radius 1 is 1.16 bits per heavy atom. The Balaban J connectivity index is 1.33. The number of anilines is 1. The minimum Gasteiger partial charge on any atom is -0.474 e. The Bertz CT molecular complexity index is 1370. The first-order chi connectivity index (χ1) is 20.7. The van der Waals surface area contributed by atoms with E-state index in [9.17, 15) is 19.2 Å². The number of piperidine rings is 1. The normalized spacial score (nSPS) is 17.4. The quantitative estimate of drug-likeness (QED) is 0.337. The smallest absolute Gasteiger partial charge is 0.410 e. The topological polar surface area (TPSA) is 143 Å². The van der Waals surface area contributed by atoms with E-state index >= 15 is 0 Å². The average Bonchev–Trinajstić information content (AvgIpc) is 3.26. The predicted molar refractivity (Wildman–Crippen MR) is 167 cm³/mol. The number of likely N-dealkylation sites (tertiary alicyclic amines) is 1. The van der Waals surface area contributed by atoms with Gasteiger partial charge in [-0.15, -0.1) is 0 Å². The zero-order valence-corrected chi connectivity index (χ0v) is 27.1. The maximum absolute atomic E-state index is 13.3. The van der Waals surface area contributed by atoms with Crippen LogP contribution < -0.4 is 15.4 Å². The van der Waals surface area contributed by atoms with Crippen LogP contribution in [0.25, 0.3) is 0 Å². The van der Waals surface area contributed by atoms with E-state index in [-0.39, 0.29) is 29.3 Å². The van der Waals surface area contributed by atoms with Crippen LogP contribution in [0.4, 0.5) is 10.5 Å². The molecule has 11 heteroatoms. The molecule has 4 rings (SSSR count). The van der Waals surface area contributed by atoms with Crippen molar-refractivity contribution >= 4 is 29.4 Å². The molecule has 1 fully saturated rings. The first kappa shape index (κ1) is 33.0. The highest BCUT2D eigenvalue weighted by atomic mass is 16.6. The van der Waals surface area contributed by atoms with Gasteiger partial charge in [0.05, 0.1) is 11.9 Å². The van der Waals surface area contributed by atoms with Crippen molar-refractivity contribution in [2.24, 2.45) is 5.41 Å². The molecule has 2 aromatic rings. The van der Waals surface area contributed by atoms with E-state index in [1.165, 1.54) is 6.20 Å². The molecule has 1 atom stereocenters. The fraction of sp³-hybridized carbons (Fsp3) is 0.606. The number of aromatic nitrogens is 2. The van der Waals surface area contributed by atoms with E-state index in [0.717, 1.165) is 18.5 Å². The number of nitrogens with zero attached hydrogens (tertiary/aromatic N) is 2. The Morgan fingerprint density at radius 2 is 1.86 bits per heavy atom. The molecule has 11 nitrogen and oxygen atoms in total. The van der Waals surface area contributed by atoms with Crippen molar-refractivity contribution in [3.8, 4) is 5.88 Å². The number of hydrogen-bond donors (Lipinski definition) is 3. The summed E-state index contributed by atoms with van der Waals surface area (Å²) in [4.78, 5) is 61.0. The molecule has 2 aromatic heterocycles. The SMILES string of the molecule is CCCCC(NC(=O)c1[nH]c2c(c1C)C(=O)CC(C)(C)C2)C(=O)Nc1ccc(OC2CCN(C(=O)OC(C)(C)C)CC2)nc1. The molecular weight excluding hydrogens is 562 g/mol. The van der Waals surface area contributed by atoms with Crippen molar-refractivity contribution in [1.82, 2.24) is 20.2 Å². The van der Waals surface area contributed by atoms with Gasteiger partial charge in [-0.05, 0) is 57.6 Å². The molecule has 240 valence electrons. The zero-order chi connectivity index (χ0) is 32.2. The van der Waals surface area contributed by atoms with E-state index in [2.05, 4.69) is 20.6 Å². The van der Waals surface area contributed by atoms with Crippen LogP contribution in [-0.4, -0.2) is 69.4 Å². The summed E-state index contributed by atoms with van der Waals surface area (Å²) in [6.07, 6.45) is 5.65. The van der Waals surface area contributed by atoms with Crippen molar-refractivity contribution in [3.63, 3.8) is 0 Å². The second-order valence-electron chi connectivity index (χ2n) is 13.7. The predicted octanol–water partition coefficient (Wildman–Crippen LogP) is 5.58. The Labute approximate surface area is 259 Å². The number of hydrogen-bond acceptors (Lipinski definition) is 7. The summed E-state index contributed by atoms with van der Waals surface area (Å²) in [5.41, 5.74) is 2.12. The van der Waals surface area contributed by atoms with Gasteiger partial charge in [-0.3, -0.25) is 14.4 Å². The van der Waals surface area contributed by atoms with Crippen molar-refractivity contribution in [2.75, 3.05) is 18.4 Å². The maximum atomic E-state index is 13.3. The van der Waals surface area contributed by atoms with Gasteiger partial charge in [-0.1, -0.05) is 33.6 Å². The molecule has 0 saturated carbocycles. The molecule has 1 saturated heterocycles. The monoisotopic (exact) mass is 609 g/mol. The van der Waals surface area contributed by atoms with E-state index in [1.54, 1.807) is 24.0 Å². The first-order valence-electron chi connectivity index (χ1n) is 15.6. The number of rotatable bonds is 9. The molecule has 2 aliphatic rings. The minimum absolute atomic E-state index is 0.0375. The van der Waals surface area contributed by atoms with Crippen LogP contribution in [0.1, 0.15) is 112 Å². The fourth-order valence-corrected chi connectivity index (χ4v) is 5.77. The van der Waals surface area contributed by atoms with Crippen LogP contribution in [0.5, 0.6) is 5.88 Å². The molecule has 44 heavy (non-hydrogen) atoms. The van der Waals surface area contributed by atoms with E-state index < -0.39 is 17.6 Å². The molecule has 0 aromatic carbocycles. The van der Waals surface area contributed by atoms with Gasteiger partial charge in [-0.2, -0.15) is 0 Å². The number of carbonyl (C=O) groups is 4. The summed E-state index contributed by atoms with van der Waals surface area (Å²) < 4.78 is 11.5. The number of carbonyl (C=O) groups excluding carboxylic acids is 4. The summed E-state index contributed by atoms with van der Waals surface area (Å²) in [7, 11) is 0. The molecule has 1 aliphatic carbocycles. The van der Waals surface area contributed by atoms with Gasteiger partial charge in [-0.25, -0.2) is 9.78 Å². The largest absolute Gasteiger partial charge is 0.474 e. The van der Waals surface area contributed by atoms with Crippen molar-refractivity contribution in [1.29, 1.82) is 0 Å². The second-order valence-corrected chi connectivity index (χ2v) is 13.7. The van der Waals surface area contributed by atoms with E-state index in [0.29, 0.717) is 73.6 Å². The highest BCUT2D eigenvalue weighted by Gasteiger charge is 2.36. The zero-order valence-electron chi connectivity index (χ0n) is 27.1. The average molecular weight is 610 g/mol. The van der Waals surface area contributed by atoms with Crippen molar-refractivity contribution in [2.45, 2.75) is 111 Å². The molecule has 1 unspecified atom stereocenters. The molecule has 0 radical (unpaired) electrons. The molecule has 3 amide bonds. The fourth-order valence-electron chi connectivity index (χ4n) is 5.77. The summed E-state index contributed by atoms with van der Waals surface area (Å²) in [5.74, 6) is -0.282. The van der Waals surface area contributed by atoms with Gasteiger partial charge in [0, 0.05) is 49.7 Å². The summed E-state index contributed by atoms with van der Waals surface area (Å²) in [5, 5.41) is 5.75. The van der Waals surface area contributed by atoms with Crippen LogP contribution in [-0.2, 0) is 16.0 Å². The molecular formula is C33H47N5O6. The third-order valence-corrected chi connectivity index (χ3v) is 7.98. The van der Waals surface area contributed by atoms with Gasteiger partial charge in [0.1, 0.15) is 23.4 Å². The van der Waals surface area contributed by atoms with E-state index in [4.69, 9.17) is 9.47 Å². The summed E-state index contributed by atoms with van der Waals surface area (Å²) in [6, 6.07) is 2.65. The minimum atomic E-state index is -0.764. The van der Waals surface area contributed by atoms with Crippen LogP contribution in [0.2, 0.25) is 0 Å². The van der Waals surface area contributed by atoms with Gasteiger partial charge < -0.3 is 30.0 Å². The number of unbranched alkanes of at least 4 members (excludes halogenated alkanes) is 1. The lowest BCUT2D eigenvalue weighted by Crippen LogP contribution is -2.44. The lowest BCUT2D eigenvalue weighted by molar-refractivity contribution is -0.118. The number of fused-ring (bicyclic) bond motifs is 1. The Morgan fingerprint density at radius 3 is 2.48 bits per heavy atom. The van der Waals surface area contributed by atoms with Crippen LogP contribution in [0.3, 0.4) is 0 Å². The van der Waals surface area contributed by atoms with Gasteiger partial charge in [0.2, 0.25) is 11.8 Å². The van der Waals surface area contributed by atoms with Crippen LogP contribution >= 0.6 is 0 Å². The van der Waals surface area contributed by atoms with E-state index in [1.807, 2.05) is 41.5 Å². The number of nitrogens with one attached hydrogen (secondary N) is 3. The molecule has 1 aliphatic heterocycles. The van der Waals surface area contributed by atoms with Crippen molar-refractivity contribution in [3.05, 3.63) is 40.8 Å². The standard InChI is InChI=1S/C33H47N5O6/c1-8-9-10-23(37-30(41)28-20(2)27-24(36-28)17-33(6,7)18-25(27)39)29(40)35-21-11-12-26(34-19-21)43-22-13-15-38(16-14-22)31(42)44-32(3,4)5/h11-12,19,22-23,36H,8-10,13-18H2,1-7H3,(H,35,40)(H,37,41). The lowest BCUT2D eigenvalue weighted by Gasteiger charge is -2.33. The van der Waals surface area contributed by atoms with Crippen LogP contribution in [0, 0.1) is 12.3 Å². The Hall–Kier alpha value is -3.89. The third-order valence-electron chi connectivity index (χ3n) is 7.98. The maximum Gasteiger partial charge on any atom is 0.410 e. The first-order valence-corrected chi connectivity index (χ1v) is 15.6. The number of amides is 3. The number of aromatic amines is 1. The molecule has 3 heterocycles. The highest BCUT2D eigenvalue weighted by Crippen LogP contribution is 2.36. The third kappa shape index (κ3) is 8.39. The number of Topliss-reactive ketones (excluding diaryl/α,β-unsaturated/α-hetero) is 1. The number of ketones is 1. The van der Waals surface area contributed by atoms with Crippen LogP contribution in [0.15, 0.2) is 18.3 Å². The van der Waals surface area contributed by atoms with Crippen molar-refractivity contribution < 1.29 is 28.7 Å². The second kappa shape index (κ2) is 13.4. The van der Waals surface area contributed by atoms with Gasteiger partial charge in [0.25, 0.3) is 5.91 Å². The summed E-state index contributed by atoms with van der Waals surface area (Å²) in [6.45, 7) is 14.5. The molecule has 0 spiro atoms. The Kier molecular flexibility index (Phi) is 10.1. The molecule has 0 bridgehead atoms. The number of pyridine rings is 1. The van der Waals surface area contributed by atoms with Gasteiger partial charge >= 0.3 is 6.09 Å². The highest BCUT2D eigenvalue weighted by molar-refractivity contribution is 6.06. The lowest BCUT2D eigenvalue weighted by atomic mass is 9.75. The number of ether oxygens (including phenoxy) is 2.